The van der Waals surface area contributed by atoms with E-state index in [-0.39, 0.29) is 0 Å². The van der Waals surface area contributed by atoms with Crippen LogP contribution in [0.5, 0.6) is 0 Å². The lowest BCUT2D eigenvalue weighted by Gasteiger charge is -2.27. The van der Waals surface area contributed by atoms with E-state index in [2.05, 4.69) is 18.2 Å². The summed E-state index contributed by atoms with van der Waals surface area (Å²) in [6, 6.07) is 1.88. The van der Waals surface area contributed by atoms with Gasteiger partial charge in [0.05, 0.1) is 18.4 Å². The maximum Gasteiger partial charge on any atom is 0.340 e. The summed E-state index contributed by atoms with van der Waals surface area (Å²) < 4.78 is 4.71. The molecule has 1 heterocycles. The third kappa shape index (κ3) is 3.76. The quantitative estimate of drug-likeness (QED) is 0.806. The molecule has 0 aliphatic heterocycles. The van der Waals surface area contributed by atoms with E-state index >= 15 is 0 Å². The molecule has 0 saturated carbocycles. The summed E-state index contributed by atoms with van der Waals surface area (Å²) in [5.41, 5.74) is 6.74. The number of nitrogen functional groups attached to an aromatic ring is 1. The van der Waals surface area contributed by atoms with Crippen LogP contribution < -0.4 is 10.6 Å². The van der Waals surface area contributed by atoms with E-state index in [1.54, 1.807) is 24.0 Å². The first-order valence-corrected chi connectivity index (χ1v) is 7.46. The molecule has 19 heavy (non-hydrogen) atoms. The SMILES string of the molecule is COC(=O)c1ccnc(N(C)C(C)CCSC)c1N. The summed E-state index contributed by atoms with van der Waals surface area (Å²) in [4.78, 5) is 17.9. The molecule has 0 fully saturated rings. The molecule has 0 aliphatic carbocycles. The Bertz CT molecular complexity index is 440. The van der Waals surface area contributed by atoms with Gasteiger partial charge in [0.2, 0.25) is 0 Å². The number of carbonyl (C=O) groups is 1. The highest BCUT2D eigenvalue weighted by Gasteiger charge is 2.19. The Morgan fingerprint density at radius 1 is 1.63 bits per heavy atom. The summed E-state index contributed by atoms with van der Waals surface area (Å²) in [5, 5.41) is 0. The Morgan fingerprint density at radius 3 is 2.89 bits per heavy atom. The van der Waals surface area contributed by atoms with Crippen molar-refractivity contribution >= 4 is 29.2 Å². The van der Waals surface area contributed by atoms with Crippen LogP contribution in [-0.4, -0.2) is 43.2 Å². The number of carbonyl (C=O) groups excluding carboxylic acids is 1. The van der Waals surface area contributed by atoms with Gasteiger partial charge in [0.25, 0.3) is 0 Å². The minimum atomic E-state index is -0.439. The van der Waals surface area contributed by atoms with Crippen LogP contribution in [0.15, 0.2) is 12.3 Å². The number of ether oxygens (including phenoxy) is 1. The molecule has 0 aliphatic rings. The molecule has 106 valence electrons. The third-order valence-electron chi connectivity index (χ3n) is 3.11. The van der Waals surface area contributed by atoms with Gasteiger partial charge in [-0.05, 0) is 31.4 Å². The van der Waals surface area contributed by atoms with Crippen molar-refractivity contribution in [2.24, 2.45) is 0 Å². The topological polar surface area (TPSA) is 68.5 Å². The fourth-order valence-corrected chi connectivity index (χ4v) is 2.30. The number of rotatable bonds is 6. The van der Waals surface area contributed by atoms with Gasteiger partial charge in [0.1, 0.15) is 0 Å². The van der Waals surface area contributed by atoms with E-state index in [1.807, 2.05) is 11.9 Å². The number of aromatic nitrogens is 1. The predicted octanol–water partition coefficient (Wildman–Crippen LogP) is 2.03. The van der Waals surface area contributed by atoms with Gasteiger partial charge in [0.15, 0.2) is 5.82 Å². The molecule has 1 atom stereocenters. The molecule has 1 aromatic rings. The Balaban J connectivity index is 2.97. The van der Waals surface area contributed by atoms with Crippen LogP contribution in [0.25, 0.3) is 0 Å². The average molecular weight is 283 g/mol. The van der Waals surface area contributed by atoms with Crippen molar-refractivity contribution in [3.63, 3.8) is 0 Å². The van der Waals surface area contributed by atoms with Crippen molar-refractivity contribution in [2.75, 3.05) is 36.8 Å². The Hall–Kier alpha value is -1.43. The van der Waals surface area contributed by atoms with Crippen molar-refractivity contribution in [1.82, 2.24) is 4.98 Å². The summed E-state index contributed by atoms with van der Waals surface area (Å²) in [6.07, 6.45) is 4.69. The second-order valence-electron chi connectivity index (χ2n) is 4.33. The molecule has 0 spiro atoms. The lowest BCUT2D eigenvalue weighted by atomic mass is 10.2. The van der Waals surface area contributed by atoms with Gasteiger partial charge in [-0.3, -0.25) is 0 Å². The van der Waals surface area contributed by atoms with Gasteiger partial charge in [-0.2, -0.15) is 11.8 Å². The maximum absolute atomic E-state index is 11.6. The zero-order chi connectivity index (χ0) is 14.4. The van der Waals surface area contributed by atoms with E-state index in [1.165, 1.54) is 7.11 Å². The van der Waals surface area contributed by atoms with Gasteiger partial charge < -0.3 is 15.4 Å². The standard InChI is InChI=1S/C13H21N3O2S/c1-9(6-8-19-4)16(2)12-11(14)10(5-7-15-12)13(17)18-3/h5,7,9H,6,8,14H2,1-4H3. The molecule has 2 N–H and O–H groups in total. The highest BCUT2D eigenvalue weighted by atomic mass is 32.2. The number of nitrogens with two attached hydrogens (primary N) is 1. The number of hydrogen-bond acceptors (Lipinski definition) is 6. The number of anilines is 2. The first kappa shape index (κ1) is 15.6. The van der Waals surface area contributed by atoms with E-state index < -0.39 is 5.97 Å². The van der Waals surface area contributed by atoms with Crippen molar-refractivity contribution in [3.05, 3.63) is 17.8 Å². The molecular formula is C13H21N3O2S. The highest BCUT2D eigenvalue weighted by molar-refractivity contribution is 7.98. The van der Waals surface area contributed by atoms with E-state index in [4.69, 9.17) is 10.5 Å². The molecule has 1 aromatic heterocycles. The molecule has 6 heteroatoms. The number of hydrogen-bond donors (Lipinski definition) is 1. The van der Waals surface area contributed by atoms with Crippen molar-refractivity contribution < 1.29 is 9.53 Å². The monoisotopic (exact) mass is 283 g/mol. The first-order valence-electron chi connectivity index (χ1n) is 6.07. The van der Waals surface area contributed by atoms with Gasteiger partial charge >= 0.3 is 5.97 Å². The van der Waals surface area contributed by atoms with Gasteiger partial charge in [-0.15, -0.1) is 0 Å². The van der Waals surface area contributed by atoms with Crippen LogP contribution in [0.2, 0.25) is 0 Å². The molecule has 0 radical (unpaired) electrons. The fraction of sp³-hybridized carbons (Fsp3) is 0.538. The number of pyridine rings is 1. The minimum Gasteiger partial charge on any atom is -0.465 e. The van der Waals surface area contributed by atoms with Crippen LogP contribution in [0.4, 0.5) is 11.5 Å². The molecule has 0 bridgehead atoms. The highest BCUT2D eigenvalue weighted by Crippen LogP contribution is 2.25. The maximum atomic E-state index is 11.6. The van der Waals surface area contributed by atoms with Crippen molar-refractivity contribution in [3.8, 4) is 0 Å². The average Bonchev–Trinajstić information content (AvgIpc) is 2.43. The normalized spacial score (nSPS) is 12.0. The van der Waals surface area contributed by atoms with Crippen LogP contribution >= 0.6 is 11.8 Å². The Kier molecular flexibility index (Phi) is 5.95. The van der Waals surface area contributed by atoms with E-state index in [0.717, 1.165) is 12.2 Å². The van der Waals surface area contributed by atoms with Crippen molar-refractivity contribution in [2.45, 2.75) is 19.4 Å². The summed E-state index contributed by atoms with van der Waals surface area (Å²) in [7, 11) is 3.28. The molecule has 0 aromatic carbocycles. The zero-order valence-electron chi connectivity index (χ0n) is 11.8. The number of esters is 1. The van der Waals surface area contributed by atoms with Crippen LogP contribution in [0, 0.1) is 0 Å². The largest absolute Gasteiger partial charge is 0.465 e. The minimum absolute atomic E-state index is 0.301. The van der Waals surface area contributed by atoms with Crippen molar-refractivity contribution in [1.29, 1.82) is 0 Å². The van der Waals surface area contributed by atoms with E-state index in [0.29, 0.717) is 23.1 Å². The summed E-state index contributed by atoms with van der Waals surface area (Å²) in [5.74, 6) is 1.25. The lowest BCUT2D eigenvalue weighted by Crippen LogP contribution is -2.31. The molecule has 1 unspecified atom stereocenters. The molecule has 0 saturated heterocycles. The summed E-state index contributed by atoms with van der Waals surface area (Å²) in [6.45, 7) is 2.11. The first-order chi connectivity index (χ1) is 9.02. The van der Waals surface area contributed by atoms with Gasteiger partial charge in [-0.1, -0.05) is 0 Å². The summed E-state index contributed by atoms with van der Waals surface area (Å²) >= 11 is 1.81. The van der Waals surface area contributed by atoms with Crippen LogP contribution in [-0.2, 0) is 4.74 Å². The number of methoxy groups -OCH3 is 1. The smallest absolute Gasteiger partial charge is 0.340 e. The Morgan fingerprint density at radius 2 is 2.32 bits per heavy atom. The molecule has 5 nitrogen and oxygen atoms in total. The molecule has 0 amide bonds. The van der Waals surface area contributed by atoms with Gasteiger partial charge in [0, 0.05) is 19.3 Å². The molecule has 1 rings (SSSR count). The predicted molar refractivity (Wildman–Crippen MR) is 80.9 cm³/mol. The van der Waals surface area contributed by atoms with Crippen LogP contribution in [0.3, 0.4) is 0 Å². The fourth-order valence-electron chi connectivity index (χ4n) is 1.72. The molecular weight excluding hydrogens is 262 g/mol. The Labute approximate surface area is 118 Å². The lowest BCUT2D eigenvalue weighted by molar-refractivity contribution is 0.0602. The van der Waals surface area contributed by atoms with E-state index in [9.17, 15) is 4.79 Å². The second-order valence-corrected chi connectivity index (χ2v) is 5.31. The third-order valence-corrected chi connectivity index (χ3v) is 3.75. The number of thioether (sulfide) groups is 1. The number of nitrogens with zero attached hydrogens (tertiary/aromatic N) is 2. The second kappa shape index (κ2) is 7.23. The zero-order valence-corrected chi connectivity index (χ0v) is 12.7. The van der Waals surface area contributed by atoms with Crippen LogP contribution in [0.1, 0.15) is 23.7 Å². The van der Waals surface area contributed by atoms with Gasteiger partial charge in [-0.25, -0.2) is 9.78 Å².